The van der Waals surface area contributed by atoms with E-state index in [-0.39, 0.29) is 11.5 Å². The largest absolute Gasteiger partial charge is 0.545 e. The van der Waals surface area contributed by atoms with Gasteiger partial charge in [0.25, 0.3) is 5.91 Å². The first-order chi connectivity index (χ1) is 11.5. The summed E-state index contributed by atoms with van der Waals surface area (Å²) >= 11 is 4.64. The highest BCUT2D eigenvalue weighted by molar-refractivity contribution is 9.10. The van der Waals surface area contributed by atoms with Crippen molar-refractivity contribution >= 4 is 56.5 Å². The van der Waals surface area contributed by atoms with Crippen LogP contribution in [0.5, 0.6) is 0 Å². The lowest BCUT2D eigenvalue weighted by Gasteiger charge is -2.02. The lowest BCUT2D eigenvalue weighted by atomic mass is 10.1. The molecule has 3 rings (SSSR count). The van der Waals surface area contributed by atoms with Crippen LogP contribution < -0.4 is 10.4 Å². The molecule has 1 aliphatic rings. The predicted octanol–water partition coefficient (Wildman–Crippen LogP) is 2.70. The van der Waals surface area contributed by atoms with Gasteiger partial charge < -0.3 is 15.2 Å². The Morgan fingerprint density at radius 2 is 1.88 bits per heavy atom. The van der Waals surface area contributed by atoms with Crippen LogP contribution >= 0.6 is 27.7 Å². The molecule has 0 atom stereocenters. The molecule has 1 N–H and O–H groups in total. The van der Waals surface area contributed by atoms with Gasteiger partial charge in [0.05, 0.1) is 16.6 Å². The van der Waals surface area contributed by atoms with E-state index in [1.807, 2.05) is 24.3 Å². The number of hydrogen-bond donors (Lipinski definition) is 1. The zero-order valence-electron chi connectivity index (χ0n) is 12.2. The van der Waals surface area contributed by atoms with Crippen molar-refractivity contribution in [1.29, 1.82) is 0 Å². The minimum Gasteiger partial charge on any atom is -0.545 e. The smallest absolute Gasteiger partial charge is 0.264 e. The molecule has 7 heteroatoms. The van der Waals surface area contributed by atoms with E-state index in [1.165, 1.54) is 23.9 Å². The van der Waals surface area contributed by atoms with E-state index in [0.29, 0.717) is 10.1 Å². The van der Waals surface area contributed by atoms with Crippen LogP contribution in [0.2, 0.25) is 0 Å². The number of hydrogen-bond acceptors (Lipinski definition) is 5. The van der Waals surface area contributed by atoms with Gasteiger partial charge in [-0.25, -0.2) is 4.99 Å². The van der Waals surface area contributed by atoms with Crippen molar-refractivity contribution in [3.63, 3.8) is 0 Å². The standard InChI is InChI=1S/C17H11BrN2O3S/c18-12-3-1-2-4-13(12)19-17-20-15(21)14(24-17)9-10-5-7-11(8-6-10)16(22)23/h1-9H,(H,22,23)(H,19,20,21)/p-1/b14-9-. The molecular weight excluding hydrogens is 392 g/mol. The molecule has 0 unspecified atom stereocenters. The molecule has 1 fully saturated rings. The van der Waals surface area contributed by atoms with E-state index in [2.05, 4.69) is 26.2 Å². The molecule has 2 aromatic rings. The lowest BCUT2D eigenvalue weighted by molar-refractivity contribution is -0.255. The predicted molar refractivity (Wildman–Crippen MR) is 95.7 cm³/mol. The molecule has 0 radical (unpaired) electrons. The lowest BCUT2D eigenvalue weighted by Crippen LogP contribution is -2.21. The second-order valence-corrected chi connectivity index (χ2v) is 6.73. The van der Waals surface area contributed by atoms with Gasteiger partial charge in [-0.2, -0.15) is 0 Å². The Bertz CT molecular complexity index is 876. The first-order valence-corrected chi connectivity index (χ1v) is 8.49. The van der Waals surface area contributed by atoms with Crippen LogP contribution in [-0.4, -0.2) is 17.0 Å². The van der Waals surface area contributed by atoms with E-state index in [1.54, 1.807) is 18.2 Å². The van der Waals surface area contributed by atoms with Crippen LogP contribution in [0.25, 0.3) is 6.08 Å². The van der Waals surface area contributed by atoms with Crippen LogP contribution in [0.4, 0.5) is 5.69 Å². The van der Waals surface area contributed by atoms with Crippen LogP contribution in [0.15, 0.2) is 62.9 Å². The Morgan fingerprint density at radius 3 is 2.54 bits per heavy atom. The Kier molecular flexibility index (Phi) is 4.82. The molecule has 120 valence electrons. The molecular formula is C17H10BrN2O3S-. The second-order valence-electron chi connectivity index (χ2n) is 4.84. The molecule has 24 heavy (non-hydrogen) atoms. The summed E-state index contributed by atoms with van der Waals surface area (Å²) < 4.78 is 0.836. The summed E-state index contributed by atoms with van der Waals surface area (Å²) in [5.41, 5.74) is 1.54. The topological polar surface area (TPSA) is 81.6 Å². The summed E-state index contributed by atoms with van der Waals surface area (Å²) in [6.45, 7) is 0. The number of para-hydroxylation sites is 1. The number of rotatable bonds is 3. The summed E-state index contributed by atoms with van der Waals surface area (Å²) in [5, 5.41) is 13.9. The highest BCUT2D eigenvalue weighted by Crippen LogP contribution is 2.30. The zero-order chi connectivity index (χ0) is 17.1. The SMILES string of the molecule is O=C1NC(=Nc2ccccc2Br)S/C1=C\c1ccc(C(=O)[O-])cc1. The monoisotopic (exact) mass is 401 g/mol. The van der Waals surface area contributed by atoms with Gasteiger partial charge in [-0.05, 0) is 57.0 Å². The average Bonchev–Trinajstić information content (AvgIpc) is 2.90. The number of carbonyl (C=O) groups excluding carboxylic acids is 2. The quantitative estimate of drug-likeness (QED) is 0.801. The number of halogens is 1. The summed E-state index contributed by atoms with van der Waals surface area (Å²) in [6, 6.07) is 13.6. The number of carboxylic acid groups (broad SMARTS) is 1. The molecule has 1 amide bonds. The van der Waals surface area contributed by atoms with Gasteiger partial charge >= 0.3 is 0 Å². The number of amidine groups is 1. The molecule has 5 nitrogen and oxygen atoms in total. The summed E-state index contributed by atoms with van der Waals surface area (Å²) in [7, 11) is 0. The van der Waals surface area contributed by atoms with Crippen molar-refractivity contribution in [3.05, 3.63) is 69.0 Å². The molecule has 1 heterocycles. The normalized spacial score (nSPS) is 17.3. The fourth-order valence-corrected chi connectivity index (χ4v) is 3.21. The van der Waals surface area contributed by atoms with Gasteiger partial charge in [0.1, 0.15) is 0 Å². The Hall–Kier alpha value is -2.38. The van der Waals surface area contributed by atoms with Crippen molar-refractivity contribution in [2.45, 2.75) is 0 Å². The summed E-state index contributed by atoms with van der Waals surface area (Å²) in [5.74, 6) is -1.47. The van der Waals surface area contributed by atoms with Crippen molar-refractivity contribution < 1.29 is 14.7 Å². The van der Waals surface area contributed by atoms with Crippen LogP contribution in [0, 0.1) is 0 Å². The van der Waals surface area contributed by atoms with Crippen molar-refractivity contribution in [2.24, 2.45) is 4.99 Å². The highest BCUT2D eigenvalue weighted by Gasteiger charge is 2.23. The van der Waals surface area contributed by atoms with Crippen LogP contribution in [0.3, 0.4) is 0 Å². The zero-order valence-corrected chi connectivity index (χ0v) is 14.6. The van der Waals surface area contributed by atoms with E-state index >= 15 is 0 Å². The van der Waals surface area contributed by atoms with Crippen molar-refractivity contribution in [2.75, 3.05) is 0 Å². The maximum absolute atomic E-state index is 12.0. The number of aliphatic imine (C=N–C) groups is 1. The highest BCUT2D eigenvalue weighted by atomic mass is 79.9. The minimum atomic E-state index is -1.23. The number of carbonyl (C=O) groups is 2. The van der Waals surface area contributed by atoms with Crippen LogP contribution in [0.1, 0.15) is 15.9 Å². The van der Waals surface area contributed by atoms with Gasteiger partial charge in [-0.1, -0.05) is 36.4 Å². The number of benzene rings is 2. The van der Waals surface area contributed by atoms with Crippen molar-refractivity contribution in [1.82, 2.24) is 5.32 Å². The van der Waals surface area contributed by atoms with E-state index in [9.17, 15) is 14.7 Å². The maximum Gasteiger partial charge on any atom is 0.264 e. The van der Waals surface area contributed by atoms with Gasteiger partial charge in [0.2, 0.25) is 0 Å². The molecule has 1 saturated heterocycles. The first-order valence-electron chi connectivity index (χ1n) is 6.88. The average molecular weight is 402 g/mol. The third-order valence-electron chi connectivity index (χ3n) is 3.17. The molecule has 0 saturated carbocycles. The summed E-state index contributed by atoms with van der Waals surface area (Å²) in [4.78, 5) is 27.7. The van der Waals surface area contributed by atoms with Crippen LogP contribution in [-0.2, 0) is 4.79 Å². The van der Waals surface area contributed by atoms with Crippen molar-refractivity contribution in [3.8, 4) is 0 Å². The number of aromatic carboxylic acids is 1. The third-order valence-corrected chi connectivity index (χ3v) is 4.75. The minimum absolute atomic E-state index is 0.0943. The van der Waals surface area contributed by atoms with Gasteiger partial charge in [-0.3, -0.25) is 4.79 Å². The van der Waals surface area contributed by atoms with E-state index < -0.39 is 5.97 Å². The number of amides is 1. The number of nitrogens with zero attached hydrogens (tertiary/aromatic N) is 1. The number of nitrogens with one attached hydrogen (secondary N) is 1. The molecule has 0 spiro atoms. The van der Waals surface area contributed by atoms with Gasteiger partial charge in [0, 0.05) is 4.47 Å². The summed E-state index contributed by atoms with van der Waals surface area (Å²) in [6.07, 6.45) is 1.68. The van der Waals surface area contributed by atoms with E-state index in [0.717, 1.165) is 15.7 Å². The van der Waals surface area contributed by atoms with E-state index in [4.69, 9.17) is 0 Å². The third kappa shape index (κ3) is 3.74. The molecule has 0 aliphatic carbocycles. The number of carboxylic acids is 1. The fraction of sp³-hybridized carbons (Fsp3) is 0. The molecule has 1 aliphatic heterocycles. The molecule has 2 aromatic carbocycles. The first kappa shape index (κ1) is 16.5. The Morgan fingerprint density at radius 1 is 1.17 bits per heavy atom. The fourth-order valence-electron chi connectivity index (χ4n) is 2.00. The second kappa shape index (κ2) is 7.02. The maximum atomic E-state index is 12.0. The Balaban J connectivity index is 1.82. The molecule has 0 bridgehead atoms. The van der Waals surface area contributed by atoms with Gasteiger partial charge in [-0.15, -0.1) is 0 Å². The van der Waals surface area contributed by atoms with Gasteiger partial charge in [0.15, 0.2) is 5.17 Å². The molecule has 0 aromatic heterocycles. The Labute approximate surface area is 150 Å². The number of thioether (sulfide) groups is 1.